The molecule has 1 aliphatic rings. The molecule has 3 heteroatoms. The van der Waals surface area contributed by atoms with Crippen LogP contribution in [0.3, 0.4) is 0 Å². The van der Waals surface area contributed by atoms with E-state index in [9.17, 15) is 0 Å². The molecule has 0 aromatic rings. The Morgan fingerprint density at radius 1 is 1.29 bits per heavy atom. The summed E-state index contributed by atoms with van der Waals surface area (Å²) < 4.78 is 0. The Kier molecular flexibility index (Phi) is 5.90. The smallest absolute Gasteiger partial charge is 0.0218 e. The van der Waals surface area contributed by atoms with Crippen LogP contribution in [0.5, 0.6) is 0 Å². The first kappa shape index (κ1) is 12.3. The van der Waals surface area contributed by atoms with Crippen LogP contribution in [0, 0.1) is 0 Å². The summed E-state index contributed by atoms with van der Waals surface area (Å²) in [5.41, 5.74) is 0. The van der Waals surface area contributed by atoms with Crippen molar-refractivity contribution >= 4 is 11.8 Å². The molecule has 0 radical (unpaired) electrons. The minimum Gasteiger partial charge on any atom is -0.313 e. The molecule has 0 amide bonds. The van der Waals surface area contributed by atoms with Crippen LogP contribution in [-0.2, 0) is 0 Å². The highest BCUT2D eigenvalue weighted by atomic mass is 32.2. The summed E-state index contributed by atoms with van der Waals surface area (Å²) in [5.74, 6) is 2.64. The van der Waals surface area contributed by atoms with Gasteiger partial charge in [0.1, 0.15) is 0 Å². The molecule has 0 aromatic carbocycles. The first-order valence-corrected chi connectivity index (χ1v) is 6.94. The van der Waals surface area contributed by atoms with Crippen LogP contribution in [0.1, 0.15) is 27.2 Å². The minimum atomic E-state index is 0.614. The van der Waals surface area contributed by atoms with Gasteiger partial charge in [-0.05, 0) is 6.42 Å². The van der Waals surface area contributed by atoms with Crippen molar-refractivity contribution in [2.24, 2.45) is 0 Å². The van der Waals surface area contributed by atoms with E-state index in [2.05, 4.69) is 42.7 Å². The molecular formula is C11H24N2S. The lowest BCUT2D eigenvalue weighted by molar-refractivity contribution is 0.202. The molecule has 0 spiro atoms. The second-order valence-electron chi connectivity index (χ2n) is 4.27. The zero-order valence-corrected chi connectivity index (χ0v) is 10.6. The second-order valence-corrected chi connectivity index (χ2v) is 5.50. The van der Waals surface area contributed by atoms with E-state index in [1.807, 2.05) is 0 Å². The average molecular weight is 216 g/mol. The molecule has 1 rings (SSSR count). The second kappa shape index (κ2) is 6.70. The summed E-state index contributed by atoms with van der Waals surface area (Å²) in [6.07, 6.45) is 1.27. The first-order valence-electron chi connectivity index (χ1n) is 5.79. The molecule has 0 saturated carbocycles. The molecule has 14 heavy (non-hydrogen) atoms. The molecule has 1 N–H and O–H groups in total. The standard InChI is InChI=1S/C11H24N2S/c1-4-11(9-12-10(2)3)13-5-7-14-8-6-13/h10-12H,4-9H2,1-3H3. The van der Waals surface area contributed by atoms with Gasteiger partial charge in [-0.3, -0.25) is 4.90 Å². The monoisotopic (exact) mass is 216 g/mol. The van der Waals surface area contributed by atoms with Crippen LogP contribution in [0.4, 0.5) is 0 Å². The molecule has 0 aromatic heterocycles. The SMILES string of the molecule is CCC(CNC(C)C)N1CCSCC1. The van der Waals surface area contributed by atoms with Gasteiger partial charge >= 0.3 is 0 Å². The molecule has 0 aliphatic carbocycles. The van der Waals surface area contributed by atoms with Crippen LogP contribution in [-0.4, -0.2) is 48.1 Å². The van der Waals surface area contributed by atoms with Gasteiger partial charge in [-0.2, -0.15) is 11.8 Å². The predicted molar refractivity (Wildman–Crippen MR) is 66.1 cm³/mol. The maximum Gasteiger partial charge on any atom is 0.0218 e. The number of hydrogen-bond donors (Lipinski definition) is 1. The van der Waals surface area contributed by atoms with Gasteiger partial charge in [0.2, 0.25) is 0 Å². The first-order chi connectivity index (χ1) is 6.74. The summed E-state index contributed by atoms with van der Waals surface area (Å²) in [7, 11) is 0. The van der Waals surface area contributed by atoms with E-state index in [1.165, 1.54) is 31.0 Å². The fraction of sp³-hybridized carbons (Fsp3) is 1.00. The highest BCUT2D eigenvalue weighted by molar-refractivity contribution is 7.99. The minimum absolute atomic E-state index is 0.614. The number of rotatable bonds is 5. The Labute approximate surface area is 92.8 Å². The van der Waals surface area contributed by atoms with Crippen molar-refractivity contribution in [1.29, 1.82) is 0 Å². The van der Waals surface area contributed by atoms with Crippen molar-refractivity contribution in [1.82, 2.24) is 10.2 Å². The van der Waals surface area contributed by atoms with E-state index in [1.54, 1.807) is 0 Å². The van der Waals surface area contributed by atoms with E-state index in [4.69, 9.17) is 0 Å². The lowest BCUT2D eigenvalue weighted by atomic mass is 10.1. The number of nitrogens with zero attached hydrogens (tertiary/aromatic N) is 1. The van der Waals surface area contributed by atoms with Crippen molar-refractivity contribution in [3.8, 4) is 0 Å². The molecular weight excluding hydrogens is 192 g/mol. The molecule has 84 valence electrons. The van der Waals surface area contributed by atoms with Crippen LogP contribution in [0.25, 0.3) is 0 Å². The van der Waals surface area contributed by atoms with Crippen LogP contribution >= 0.6 is 11.8 Å². The zero-order valence-electron chi connectivity index (χ0n) is 9.75. The summed E-state index contributed by atoms with van der Waals surface area (Å²) in [6, 6.07) is 1.36. The molecule has 0 bridgehead atoms. The molecule has 2 nitrogen and oxygen atoms in total. The lowest BCUT2D eigenvalue weighted by Gasteiger charge is -2.34. The Hall–Kier alpha value is 0.270. The summed E-state index contributed by atoms with van der Waals surface area (Å²) in [6.45, 7) is 10.5. The van der Waals surface area contributed by atoms with Gasteiger partial charge < -0.3 is 5.32 Å². The fourth-order valence-electron chi connectivity index (χ4n) is 1.85. The van der Waals surface area contributed by atoms with Gasteiger partial charge in [-0.25, -0.2) is 0 Å². The summed E-state index contributed by atoms with van der Waals surface area (Å²) >= 11 is 2.09. The third-order valence-electron chi connectivity index (χ3n) is 2.80. The third kappa shape index (κ3) is 4.20. The Morgan fingerprint density at radius 2 is 1.93 bits per heavy atom. The van der Waals surface area contributed by atoms with Gasteiger partial charge in [-0.15, -0.1) is 0 Å². The Bertz CT molecular complexity index is 144. The van der Waals surface area contributed by atoms with E-state index in [0.29, 0.717) is 6.04 Å². The van der Waals surface area contributed by atoms with Gasteiger partial charge in [0.15, 0.2) is 0 Å². The van der Waals surface area contributed by atoms with Crippen molar-refractivity contribution in [3.63, 3.8) is 0 Å². The van der Waals surface area contributed by atoms with Crippen molar-refractivity contribution in [2.45, 2.75) is 39.3 Å². The van der Waals surface area contributed by atoms with Crippen molar-refractivity contribution in [3.05, 3.63) is 0 Å². The quantitative estimate of drug-likeness (QED) is 0.754. The molecule has 1 saturated heterocycles. The topological polar surface area (TPSA) is 15.3 Å². The molecule has 1 atom stereocenters. The third-order valence-corrected chi connectivity index (χ3v) is 3.74. The number of thioether (sulfide) groups is 1. The molecule has 1 aliphatic heterocycles. The van der Waals surface area contributed by atoms with E-state index >= 15 is 0 Å². The number of nitrogens with one attached hydrogen (secondary N) is 1. The van der Waals surface area contributed by atoms with E-state index in [-0.39, 0.29) is 0 Å². The lowest BCUT2D eigenvalue weighted by Crippen LogP contribution is -2.47. The number of hydrogen-bond acceptors (Lipinski definition) is 3. The van der Waals surface area contributed by atoms with Gasteiger partial charge in [0.25, 0.3) is 0 Å². The van der Waals surface area contributed by atoms with Crippen LogP contribution in [0.15, 0.2) is 0 Å². The fourth-order valence-corrected chi connectivity index (χ4v) is 2.78. The molecule has 1 fully saturated rings. The normalized spacial score (nSPS) is 21.4. The van der Waals surface area contributed by atoms with Crippen LogP contribution < -0.4 is 5.32 Å². The Morgan fingerprint density at radius 3 is 2.43 bits per heavy atom. The maximum atomic E-state index is 3.55. The molecule has 1 unspecified atom stereocenters. The highest BCUT2D eigenvalue weighted by Gasteiger charge is 2.18. The van der Waals surface area contributed by atoms with Gasteiger partial charge in [-0.1, -0.05) is 20.8 Å². The van der Waals surface area contributed by atoms with Crippen LogP contribution in [0.2, 0.25) is 0 Å². The Balaban J connectivity index is 2.28. The van der Waals surface area contributed by atoms with Crippen molar-refractivity contribution in [2.75, 3.05) is 31.1 Å². The molecule has 1 heterocycles. The maximum absolute atomic E-state index is 3.55. The summed E-state index contributed by atoms with van der Waals surface area (Å²) in [4.78, 5) is 2.64. The zero-order chi connectivity index (χ0) is 10.4. The average Bonchev–Trinajstić information content (AvgIpc) is 2.20. The van der Waals surface area contributed by atoms with E-state index in [0.717, 1.165) is 12.6 Å². The van der Waals surface area contributed by atoms with E-state index < -0.39 is 0 Å². The van der Waals surface area contributed by atoms with Gasteiger partial charge in [0, 0.05) is 43.2 Å². The largest absolute Gasteiger partial charge is 0.313 e. The highest BCUT2D eigenvalue weighted by Crippen LogP contribution is 2.13. The predicted octanol–water partition coefficient (Wildman–Crippen LogP) is 1.81. The summed E-state index contributed by atoms with van der Waals surface area (Å²) in [5, 5.41) is 3.55. The van der Waals surface area contributed by atoms with Gasteiger partial charge in [0.05, 0.1) is 0 Å². The van der Waals surface area contributed by atoms with Crippen molar-refractivity contribution < 1.29 is 0 Å².